The average molecular weight is 526 g/mol. The summed E-state index contributed by atoms with van der Waals surface area (Å²) in [6.07, 6.45) is 4.14. The largest absolute Gasteiger partial charge is 0.493 e. The molecule has 1 saturated heterocycles. The Morgan fingerprint density at radius 1 is 1.25 bits per heavy atom. The van der Waals surface area contributed by atoms with Gasteiger partial charge in [0.25, 0.3) is 0 Å². The van der Waals surface area contributed by atoms with Gasteiger partial charge in [0, 0.05) is 30.7 Å². The topological polar surface area (TPSA) is 99.3 Å². The number of nitrogens with one attached hydrogen (secondary N) is 1. The molecule has 0 spiro atoms. The normalized spacial score (nSPS) is 15.5. The Balaban J connectivity index is 1.70. The molecule has 0 unspecified atom stereocenters. The van der Waals surface area contributed by atoms with E-state index in [1.54, 1.807) is 28.8 Å². The number of anilines is 1. The predicted octanol–water partition coefficient (Wildman–Crippen LogP) is 6.00. The van der Waals surface area contributed by atoms with E-state index in [1.807, 2.05) is 31.2 Å². The number of hydrogen-bond donors (Lipinski definition) is 2. The lowest BCUT2D eigenvalue weighted by atomic mass is 10.0. The van der Waals surface area contributed by atoms with Crippen LogP contribution in [0.1, 0.15) is 32.3 Å². The van der Waals surface area contributed by atoms with Crippen LogP contribution in [0.4, 0.5) is 11.4 Å². The molecule has 3 aromatic rings. The lowest BCUT2D eigenvalue weighted by molar-refractivity contribution is 0.288. The molecule has 0 amide bonds. The van der Waals surface area contributed by atoms with E-state index in [0.717, 1.165) is 30.5 Å². The Kier molecular flexibility index (Phi) is 7.87. The molecule has 2 aromatic carbocycles. The number of para-hydroxylation sites is 1. The van der Waals surface area contributed by atoms with E-state index in [-0.39, 0.29) is 21.6 Å². The van der Waals surface area contributed by atoms with Crippen molar-refractivity contribution in [1.82, 2.24) is 8.87 Å². The van der Waals surface area contributed by atoms with Crippen LogP contribution in [-0.2, 0) is 23.0 Å². The fraction of sp³-hybridized carbons (Fsp3) is 0.346. The molecule has 1 aliphatic rings. The Morgan fingerprint density at radius 2 is 1.97 bits per heavy atom. The minimum absolute atomic E-state index is 0.131. The molecular weight excluding hydrogens is 494 g/mol. The number of benzene rings is 2. The molecule has 0 bridgehead atoms. The molecular formula is C26H31N5O3S2. The van der Waals surface area contributed by atoms with Gasteiger partial charge < -0.3 is 15.0 Å². The van der Waals surface area contributed by atoms with E-state index < -0.39 is 10.0 Å². The number of rotatable bonds is 7. The fourth-order valence-corrected chi connectivity index (χ4v) is 6.08. The third kappa shape index (κ3) is 5.21. The van der Waals surface area contributed by atoms with Gasteiger partial charge in [-0.3, -0.25) is 0 Å². The van der Waals surface area contributed by atoms with Gasteiger partial charge in [-0.1, -0.05) is 38.1 Å². The van der Waals surface area contributed by atoms with Crippen molar-refractivity contribution in [3.05, 3.63) is 60.7 Å². The summed E-state index contributed by atoms with van der Waals surface area (Å²) in [4.78, 5) is 0.161. The second-order valence-corrected chi connectivity index (χ2v) is 11.3. The Bertz CT molecular complexity index is 1420. The van der Waals surface area contributed by atoms with E-state index in [9.17, 15) is 13.5 Å². The highest BCUT2D eigenvalue weighted by molar-refractivity contribution is 7.89. The molecule has 10 heteroatoms. The van der Waals surface area contributed by atoms with Crippen molar-refractivity contribution in [2.45, 2.75) is 44.6 Å². The van der Waals surface area contributed by atoms with Crippen LogP contribution in [0.3, 0.4) is 0 Å². The minimum atomic E-state index is -3.68. The highest BCUT2D eigenvalue weighted by Crippen LogP contribution is 2.40. The average Bonchev–Trinajstić information content (AvgIpc) is 3.13. The first kappa shape index (κ1) is 26.0. The molecule has 8 nitrogen and oxygen atoms in total. The zero-order valence-corrected chi connectivity index (χ0v) is 22.1. The van der Waals surface area contributed by atoms with Crippen molar-refractivity contribution in [1.29, 1.82) is 0 Å². The van der Waals surface area contributed by atoms with Crippen LogP contribution >= 0.6 is 12.2 Å². The van der Waals surface area contributed by atoms with Crippen LogP contribution in [0.15, 0.2) is 70.2 Å². The zero-order valence-electron chi connectivity index (χ0n) is 20.5. The van der Waals surface area contributed by atoms with Gasteiger partial charge in [0.1, 0.15) is 0 Å². The minimum Gasteiger partial charge on any atom is -0.493 e. The van der Waals surface area contributed by atoms with Crippen LogP contribution in [-0.4, -0.2) is 40.6 Å². The second kappa shape index (κ2) is 10.9. The van der Waals surface area contributed by atoms with Crippen LogP contribution in [0.2, 0.25) is 0 Å². The third-order valence-electron chi connectivity index (χ3n) is 6.55. The van der Waals surface area contributed by atoms with E-state index in [4.69, 9.17) is 12.2 Å². The van der Waals surface area contributed by atoms with Crippen molar-refractivity contribution in [3.63, 3.8) is 0 Å². The molecule has 0 aliphatic carbocycles. The molecule has 0 radical (unpaired) electrons. The maximum absolute atomic E-state index is 13.4. The smallest absolute Gasteiger partial charge is 0.243 e. The number of thiocarbonyl (C=S) groups is 1. The molecule has 1 aliphatic heterocycles. The van der Waals surface area contributed by atoms with Crippen molar-refractivity contribution in [2.75, 3.05) is 18.4 Å². The van der Waals surface area contributed by atoms with Crippen LogP contribution in [0.5, 0.6) is 5.88 Å². The van der Waals surface area contributed by atoms with Gasteiger partial charge in [-0.25, -0.2) is 8.42 Å². The number of aromatic nitrogens is 1. The summed E-state index contributed by atoms with van der Waals surface area (Å²) < 4.78 is 29.8. The van der Waals surface area contributed by atoms with Gasteiger partial charge in [-0.05, 0) is 67.2 Å². The van der Waals surface area contributed by atoms with Gasteiger partial charge >= 0.3 is 0 Å². The van der Waals surface area contributed by atoms with Gasteiger partial charge in [0.05, 0.1) is 10.4 Å². The number of hydrogen-bond acceptors (Lipinski definition) is 5. The lowest BCUT2D eigenvalue weighted by Crippen LogP contribution is -2.37. The monoisotopic (exact) mass is 525 g/mol. The van der Waals surface area contributed by atoms with Crippen LogP contribution in [0.25, 0.3) is 10.9 Å². The maximum atomic E-state index is 13.4. The van der Waals surface area contributed by atoms with E-state index in [2.05, 4.69) is 29.0 Å². The standard InChI is InChI=1S/C26H31N5O3S2/c1-4-14-31-23-11-10-20(36(33,34)30-15-12-18(3)13-16-30)17-21(23)24(25(31)32)28-29-26(35)27-22-9-7-6-8-19(22)5-2/h4,6-11,17-18,32H,1,5,12-16H2,2-3H3,(H,27,35). The molecule has 1 fully saturated rings. The summed E-state index contributed by atoms with van der Waals surface area (Å²) in [5, 5.41) is 23.0. The first-order chi connectivity index (χ1) is 17.3. The van der Waals surface area contributed by atoms with Crippen LogP contribution in [0, 0.1) is 5.92 Å². The SMILES string of the molecule is C=CCn1c(O)c(N=NC(=S)Nc2ccccc2CC)c2cc(S(=O)(=O)N3CCC(C)CC3)ccc21. The van der Waals surface area contributed by atoms with Gasteiger partial charge in [-0.15, -0.1) is 16.8 Å². The van der Waals surface area contributed by atoms with Gasteiger partial charge in [-0.2, -0.15) is 4.31 Å². The fourth-order valence-electron chi connectivity index (χ4n) is 4.44. The summed E-state index contributed by atoms with van der Waals surface area (Å²) in [6, 6.07) is 12.6. The van der Waals surface area contributed by atoms with Crippen molar-refractivity contribution < 1.29 is 13.5 Å². The number of fused-ring (bicyclic) bond motifs is 1. The summed E-state index contributed by atoms with van der Waals surface area (Å²) in [5.74, 6) is 0.379. The molecule has 36 heavy (non-hydrogen) atoms. The van der Waals surface area contributed by atoms with Gasteiger partial charge in [0.15, 0.2) is 5.69 Å². The maximum Gasteiger partial charge on any atom is 0.243 e. The quantitative estimate of drug-likeness (QED) is 0.224. The summed E-state index contributed by atoms with van der Waals surface area (Å²) in [6.45, 7) is 9.25. The molecule has 0 saturated carbocycles. The molecule has 2 heterocycles. The van der Waals surface area contributed by atoms with Crippen molar-refractivity contribution in [3.8, 4) is 5.88 Å². The number of piperidine rings is 1. The van der Waals surface area contributed by atoms with E-state index in [0.29, 0.717) is 36.5 Å². The number of aryl methyl sites for hydroxylation is 1. The van der Waals surface area contributed by atoms with Crippen molar-refractivity contribution in [2.24, 2.45) is 16.1 Å². The summed E-state index contributed by atoms with van der Waals surface area (Å²) in [5.41, 5.74) is 2.71. The number of nitrogens with zero attached hydrogens (tertiary/aromatic N) is 4. The Morgan fingerprint density at radius 3 is 2.67 bits per heavy atom. The first-order valence-corrected chi connectivity index (χ1v) is 13.9. The lowest BCUT2D eigenvalue weighted by Gasteiger charge is -2.29. The highest BCUT2D eigenvalue weighted by Gasteiger charge is 2.29. The van der Waals surface area contributed by atoms with E-state index >= 15 is 0 Å². The highest BCUT2D eigenvalue weighted by atomic mass is 32.2. The molecule has 4 rings (SSSR count). The molecule has 2 N–H and O–H groups in total. The molecule has 0 atom stereocenters. The third-order valence-corrected chi connectivity index (χ3v) is 8.63. The number of sulfonamides is 1. The predicted molar refractivity (Wildman–Crippen MR) is 148 cm³/mol. The van der Waals surface area contributed by atoms with Crippen LogP contribution < -0.4 is 5.32 Å². The molecule has 1 aromatic heterocycles. The summed E-state index contributed by atoms with van der Waals surface area (Å²) >= 11 is 5.37. The number of allylic oxidation sites excluding steroid dienone is 1. The second-order valence-electron chi connectivity index (χ2n) is 8.98. The van der Waals surface area contributed by atoms with Gasteiger partial charge in [0.2, 0.25) is 21.0 Å². The number of azo groups is 1. The first-order valence-electron chi connectivity index (χ1n) is 12.0. The Hall–Kier alpha value is -3.08. The zero-order chi connectivity index (χ0) is 25.9. The number of aromatic hydroxyl groups is 1. The summed E-state index contributed by atoms with van der Waals surface area (Å²) in [7, 11) is -3.68. The molecule has 190 valence electrons. The Labute approximate surface area is 217 Å². The van der Waals surface area contributed by atoms with Crippen molar-refractivity contribution >= 4 is 49.6 Å². The van der Waals surface area contributed by atoms with E-state index in [1.165, 1.54) is 4.31 Å².